The Bertz CT molecular complexity index is 1110. The van der Waals surface area contributed by atoms with Gasteiger partial charge in [0.25, 0.3) is 0 Å². The van der Waals surface area contributed by atoms with Crippen LogP contribution in [0, 0.1) is 0 Å². The topological polar surface area (TPSA) is 86.8 Å². The number of rotatable bonds is 12. The molecule has 8 heteroatoms. The van der Waals surface area contributed by atoms with Crippen molar-refractivity contribution in [3.63, 3.8) is 0 Å². The van der Waals surface area contributed by atoms with E-state index in [0.717, 1.165) is 43.2 Å². The molecule has 2 aromatic rings. The Morgan fingerprint density at radius 3 is 2.22 bits per heavy atom. The number of nitrogens with zero attached hydrogens (tertiary/aromatic N) is 2. The summed E-state index contributed by atoms with van der Waals surface area (Å²) < 4.78 is 26.4. The van der Waals surface area contributed by atoms with Crippen molar-refractivity contribution in [2.45, 2.75) is 83.8 Å². The third-order valence-electron chi connectivity index (χ3n) is 7.10. The van der Waals surface area contributed by atoms with Gasteiger partial charge in [0, 0.05) is 25.6 Å². The van der Waals surface area contributed by atoms with Gasteiger partial charge in [0.05, 0.1) is 11.9 Å². The van der Waals surface area contributed by atoms with E-state index in [1.165, 1.54) is 17.0 Å². The monoisotopic (exact) mass is 527 g/mol. The number of aryl methyl sites for hydroxylation is 1. The van der Waals surface area contributed by atoms with E-state index in [9.17, 15) is 18.0 Å². The van der Waals surface area contributed by atoms with Gasteiger partial charge in [-0.1, -0.05) is 68.7 Å². The van der Waals surface area contributed by atoms with Crippen LogP contribution in [0.4, 0.5) is 5.69 Å². The molecule has 0 radical (unpaired) electrons. The number of amides is 2. The number of carbonyl (C=O) groups is 2. The van der Waals surface area contributed by atoms with E-state index in [1.807, 2.05) is 49.4 Å². The summed E-state index contributed by atoms with van der Waals surface area (Å²) in [5, 5.41) is 3.14. The van der Waals surface area contributed by atoms with Crippen molar-refractivity contribution >= 4 is 27.5 Å². The Morgan fingerprint density at radius 2 is 1.62 bits per heavy atom. The highest BCUT2D eigenvalue weighted by molar-refractivity contribution is 7.92. The van der Waals surface area contributed by atoms with Gasteiger partial charge in [0.2, 0.25) is 21.8 Å². The van der Waals surface area contributed by atoms with E-state index >= 15 is 0 Å². The van der Waals surface area contributed by atoms with Gasteiger partial charge in [0.15, 0.2) is 0 Å². The fourth-order valence-corrected chi connectivity index (χ4v) is 5.80. The number of hydrogen-bond donors (Lipinski definition) is 1. The molecule has 1 saturated carbocycles. The van der Waals surface area contributed by atoms with Crippen LogP contribution in [0.15, 0.2) is 54.6 Å². The molecule has 0 aromatic heterocycles. The Kier molecular flexibility index (Phi) is 10.6. The number of benzene rings is 2. The molecule has 0 unspecified atom stereocenters. The Hall–Kier alpha value is -2.87. The summed E-state index contributed by atoms with van der Waals surface area (Å²) in [6.07, 6.45) is 7.94. The van der Waals surface area contributed by atoms with Crippen LogP contribution in [0.5, 0.6) is 0 Å². The molecule has 7 nitrogen and oxygen atoms in total. The van der Waals surface area contributed by atoms with Crippen LogP contribution in [0.1, 0.15) is 69.9 Å². The molecular weight excluding hydrogens is 486 g/mol. The molecule has 2 aromatic carbocycles. The molecule has 0 bridgehead atoms. The van der Waals surface area contributed by atoms with Crippen LogP contribution in [0.2, 0.25) is 0 Å². The molecular formula is C29H41N3O4S. The summed E-state index contributed by atoms with van der Waals surface area (Å²) in [5.41, 5.74) is 2.67. The third-order valence-corrected chi connectivity index (χ3v) is 8.29. The molecule has 3 rings (SSSR count). The summed E-state index contributed by atoms with van der Waals surface area (Å²) >= 11 is 0. The van der Waals surface area contributed by atoms with E-state index in [-0.39, 0.29) is 30.8 Å². The molecule has 37 heavy (non-hydrogen) atoms. The molecule has 0 aliphatic heterocycles. The van der Waals surface area contributed by atoms with Crippen LogP contribution in [-0.4, -0.2) is 50.0 Å². The van der Waals surface area contributed by atoms with Gasteiger partial charge >= 0.3 is 0 Å². The van der Waals surface area contributed by atoms with E-state index < -0.39 is 16.1 Å². The van der Waals surface area contributed by atoms with Crippen LogP contribution in [0.3, 0.4) is 0 Å². The number of anilines is 1. The first kappa shape index (κ1) is 28.7. The van der Waals surface area contributed by atoms with Gasteiger partial charge in [0.1, 0.15) is 6.04 Å². The zero-order valence-electron chi connectivity index (χ0n) is 22.4. The Morgan fingerprint density at radius 1 is 0.973 bits per heavy atom. The zero-order chi connectivity index (χ0) is 26.8. The predicted molar refractivity (Wildman–Crippen MR) is 149 cm³/mol. The van der Waals surface area contributed by atoms with Gasteiger partial charge in [-0.3, -0.25) is 13.9 Å². The summed E-state index contributed by atoms with van der Waals surface area (Å²) in [5.74, 6) is -0.296. The number of hydrogen-bond acceptors (Lipinski definition) is 4. The van der Waals surface area contributed by atoms with Gasteiger partial charge in [-0.05, 0) is 55.9 Å². The first-order valence-electron chi connectivity index (χ1n) is 13.4. The number of nitrogens with one attached hydrogen (secondary N) is 1. The average Bonchev–Trinajstić information content (AvgIpc) is 2.90. The minimum absolute atomic E-state index is 0.134. The van der Waals surface area contributed by atoms with E-state index in [2.05, 4.69) is 5.32 Å². The molecule has 1 aliphatic rings. The summed E-state index contributed by atoms with van der Waals surface area (Å²) in [6.45, 7) is 4.34. The summed E-state index contributed by atoms with van der Waals surface area (Å²) in [7, 11) is -3.51. The molecule has 1 fully saturated rings. The lowest BCUT2D eigenvalue weighted by Crippen LogP contribution is -2.50. The maximum absolute atomic E-state index is 13.4. The summed E-state index contributed by atoms with van der Waals surface area (Å²) in [4.78, 5) is 28.1. The second kappa shape index (κ2) is 13.6. The van der Waals surface area contributed by atoms with Gasteiger partial charge < -0.3 is 10.2 Å². The fourth-order valence-electron chi connectivity index (χ4n) is 4.83. The van der Waals surface area contributed by atoms with E-state index in [4.69, 9.17) is 0 Å². The van der Waals surface area contributed by atoms with E-state index in [0.29, 0.717) is 18.7 Å². The van der Waals surface area contributed by atoms with Crippen molar-refractivity contribution in [3.8, 4) is 0 Å². The second-order valence-corrected chi connectivity index (χ2v) is 11.9. The highest BCUT2D eigenvalue weighted by atomic mass is 32.2. The quantitative estimate of drug-likeness (QED) is 0.435. The molecule has 1 N–H and O–H groups in total. The normalized spacial score (nSPS) is 15.1. The average molecular weight is 528 g/mol. The molecule has 0 heterocycles. The molecule has 0 spiro atoms. The fraction of sp³-hybridized carbons (Fsp3) is 0.517. The molecule has 1 aliphatic carbocycles. The second-order valence-electron chi connectivity index (χ2n) is 9.99. The first-order valence-corrected chi connectivity index (χ1v) is 15.2. The standard InChI is InChI=1S/C29H41N3O4S/c1-4-24-17-19-27(20-18-24)32(37(3,35)36)21-11-16-28(33)31(22-25-12-7-5-8-13-25)23(2)29(34)30-26-14-9-6-10-15-26/h5,7-8,12-13,17-20,23,26H,4,6,9-11,14-16,21-22H2,1-3H3,(H,30,34)/t23-/m0/s1. The first-order chi connectivity index (χ1) is 17.7. The smallest absolute Gasteiger partial charge is 0.242 e. The Labute approximate surface area is 222 Å². The van der Waals surface area contributed by atoms with Crippen LogP contribution < -0.4 is 9.62 Å². The Balaban J connectivity index is 1.68. The maximum atomic E-state index is 13.4. The summed E-state index contributed by atoms with van der Waals surface area (Å²) in [6, 6.07) is 16.6. The third kappa shape index (κ3) is 8.59. The lowest BCUT2D eigenvalue weighted by molar-refractivity contribution is -0.141. The van der Waals surface area contributed by atoms with Gasteiger partial charge in [-0.2, -0.15) is 0 Å². The molecule has 0 saturated heterocycles. The lowest BCUT2D eigenvalue weighted by atomic mass is 9.95. The highest BCUT2D eigenvalue weighted by Gasteiger charge is 2.28. The molecule has 1 atom stereocenters. The van der Waals surface area contributed by atoms with Gasteiger partial charge in [-0.15, -0.1) is 0 Å². The van der Waals surface area contributed by atoms with E-state index in [1.54, 1.807) is 24.0 Å². The predicted octanol–water partition coefficient (Wildman–Crippen LogP) is 4.66. The molecule has 202 valence electrons. The largest absolute Gasteiger partial charge is 0.352 e. The number of carbonyl (C=O) groups excluding carboxylic acids is 2. The SMILES string of the molecule is CCc1ccc(N(CCCC(=O)N(Cc2ccccc2)[C@@H](C)C(=O)NC2CCCCC2)S(C)(=O)=O)cc1. The van der Waals surface area contributed by atoms with Crippen molar-refractivity contribution in [2.24, 2.45) is 0 Å². The highest BCUT2D eigenvalue weighted by Crippen LogP contribution is 2.21. The van der Waals surface area contributed by atoms with Crippen molar-refractivity contribution in [2.75, 3.05) is 17.1 Å². The van der Waals surface area contributed by atoms with Crippen molar-refractivity contribution in [3.05, 3.63) is 65.7 Å². The van der Waals surface area contributed by atoms with Crippen LogP contribution in [0.25, 0.3) is 0 Å². The number of sulfonamides is 1. The van der Waals surface area contributed by atoms with Gasteiger partial charge in [-0.25, -0.2) is 8.42 Å². The minimum Gasteiger partial charge on any atom is -0.352 e. The van der Waals surface area contributed by atoms with Crippen molar-refractivity contribution in [1.82, 2.24) is 10.2 Å². The maximum Gasteiger partial charge on any atom is 0.242 e. The van der Waals surface area contributed by atoms with Crippen LogP contribution in [-0.2, 0) is 32.6 Å². The lowest BCUT2D eigenvalue weighted by Gasteiger charge is -2.31. The minimum atomic E-state index is -3.51. The van der Waals surface area contributed by atoms with Crippen LogP contribution >= 0.6 is 0 Å². The molecule has 2 amide bonds. The van der Waals surface area contributed by atoms with Crippen molar-refractivity contribution < 1.29 is 18.0 Å². The zero-order valence-corrected chi connectivity index (χ0v) is 23.2. The van der Waals surface area contributed by atoms with Crippen molar-refractivity contribution in [1.29, 1.82) is 0 Å².